The van der Waals surface area contributed by atoms with E-state index in [1.165, 1.54) is 0 Å². The highest BCUT2D eigenvalue weighted by molar-refractivity contribution is 5.34. The van der Waals surface area contributed by atoms with Crippen LogP contribution in [0.5, 0.6) is 0 Å². The lowest BCUT2D eigenvalue weighted by molar-refractivity contribution is -0.0203. The maximum atomic E-state index is 10.5. The molecule has 3 nitrogen and oxygen atoms in total. The van der Waals surface area contributed by atoms with E-state index in [9.17, 15) is 5.11 Å². The molecule has 0 atom stereocenters. The van der Waals surface area contributed by atoms with E-state index in [1.807, 2.05) is 12.1 Å². The van der Waals surface area contributed by atoms with Gasteiger partial charge in [-0.3, -0.25) is 0 Å². The normalized spacial score (nSPS) is 20.3. The molecule has 1 aromatic rings. The van der Waals surface area contributed by atoms with E-state index < -0.39 is 5.60 Å². The van der Waals surface area contributed by atoms with Gasteiger partial charge >= 0.3 is 0 Å². The molecule has 0 aliphatic carbocycles. The highest BCUT2D eigenvalue weighted by Crippen LogP contribution is 2.32. The van der Waals surface area contributed by atoms with E-state index in [-0.39, 0.29) is 0 Å². The smallest absolute Gasteiger partial charge is 0.0991 e. The zero-order valence-corrected chi connectivity index (χ0v) is 9.48. The number of piperidine rings is 1. The Morgan fingerprint density at radius 3 is 2.31 bits per heavy atom. The third kappa shape index (κ3) is 2.08. The number of aliphatic hydroxyl groups is 1. The Morgan fingerprint density at radius 2 is 1.81 bits per heavy atom. The van der Waals surface area contributed by atoms with Crippen molar-refractivity contribution in [1.29, 1.82) is 5.26 Å². The second-order valence-electron chi connectivity index (χ2n) is 4.52. The first-order valence-corrected chi connectivity index (χ1v) is 5.56. The van der Waals surface area contributed by atoms with Crippen LogP contribution in [0.1, 0.15) is 24.0 Å². The first-order valence-electron chi connectivity index (χ1n) is 5.56. The molecule has 1 heterocycles. The second-order valence-corrected chi connectivity index (χ2v) is 4.52. The zero-order valence-electron chi connectivity index (χ0n) is 9.48. The SMILES string of the molecule is CN1CCC(O)(c2ccc(C#N)cc2)CC1. The third-order valence-electron chi connectivity index (χ3n) is 3.37. The fraction of sp³-hybridized carbons (Fsp3) is 0.462. The second kappa shape index (κ2) is 4.25. The summed E-state index contributed by atoms with van der Waals surface area (Å²) >= 11 is 0. The number of nitrogens with zero attached hydrogens (tertiary/aromatic N) is 2. The van der Waals surface area contributed by atoms with Crippen molar-refractivity contribution in [2.75, 3.05) is 20.1 Å². The highest BCUT2D eigenvalue weighted by atomic mass is 16.3. The lowest BCUT2D eigenvalue weighted by Gasteiger charge is -2.36. The van der Waals surface area contributed by atoms with Crippen LogP contribution in [-0.4, -0.2) is 30.1 Å². The number of nitriles is 1. The molecule has 0 bridgehead atoms. The molecule has 0 unspecified atom stereocenters. The van der Waals surface area contributed by atoms with Crippen LogP contribution in [0.25, 0.3) is 0 Å². The van der Waals surface area contributed by atoms with Crippen molar-refractivity contribution in [3.05, 3.63) is 35.4 Å². The minimum absolute atomic E-state index is 0.639. The van der Waals surface area contributed by atoms with Crippen molar-refractivity contribution in [3.8, 4) is 6.07 Å². The summed E-state index contributed by atoms with van der Waals surface area (Å²) in [6.45, 7) is 1.83. The Hall–Kier alpha value is -1.37. The largest absolute Gasteiger partial charge is 0.385 e. The van der Waals surface area contributed by atoms with Crippen molar-refractivity contribution in [3.63, 3.8) is 0 Å². The Morgan fingerprint density at radius 1 is 1.25 bits per heavy atom. The summed E-state index contributed by atoms with van der Waals surface area (Å²) in [5.74, 6) is 0. The zero-order chi connectivity index (χ0) is 11.6. The molecule has 0 spiro atoms. The molecule has 1 saturated heterocycles. The topological polar surface area (TPSA) is 47.3 Å². The van der Waals surface area contributed by atoms with Crippen LogP contribution >= 0.6 is 0 Å². The summed E-state index contributed by atoms with van der Waals surface area (Å²) in [7, 11) is 2.07. The molecule has 1 aliphatic rings. The van der Waals surface area contributed by atoms with Gasteiger partial charge in [0, 0.05) is 13.1 Å². The van der Waals surface area contributed by atoms with Crippen LogP contribution in [0.3, 0.4) is 0 Å². The lowest BCUT2D eigenvalue weighted by atomic mass is 9.84. The summed E-state index contributed by atoms with van der Waals surface area (Å²) in [5.41, 5.74) is 0.861. The Labute approximate surface area is 95.9 Å². The van der Waals surface area contributed by atoms with Gasteiger partial charge in [-0.1, -0.05) is 12.1 Å². The fourth-order valence-electron chi connectivity index (χ4n) is 2.13. The van der Waals surface area contributed by atoms with E-state index in [2.05, 4.69) is 18.0 Å². The molecule has 16 heavy (non-hydrogen) atoms. The Kier molecular flexibility index (Phi) is 2.95. The van der Waals surface area contributed by atoms with E-state index in [0.717, 1.165) is 31.5 Å². The fourth-order valence-corrected chi connectivity index (χ4v) is 2.13. The van der Waals surface area contributed by atoms with Gasteiger partial charge in [-0.15, -0.1) is 0 Å². The van der Waals surface area contributed by atoms with Crippen LogP contribution in [0.4, 0.5) is 0 Å². The van der Waals surface area contributed by atoms with E-state index in [1.54, 1.807) is 12.1 Å². The number of hydrogen-bond donors (Lipinski definition) is 1. The van der Waals surface area contributed by atoms with Crippen LogP contribution in [0.2, 0.25) is 0 Å². The molecule has 1 aromatic carbocycles. The van der Waals surface area contributed by atoms with Crippen LogP contribution < -0.4 is 0 Å². The maximum absolute atomic E-state index is 10.5. The first-order chi connectivity index (χ1) is 7.64. The maximum Gasteiger partial charge on any atom is 0.0991 e. The molecule has 1 aliphatic heterocycles. The predicted octanol–water partition coefficient (Wildman–Crippen LogP) is 1.47. The average molecular weight is 216 g/mol. The van der Waals surface area contributed by atoms with Crippen molar-refractivity contribution in [1.82, 2.24) is 4.90 Å². The lowest BCUT2D eigenvalue weighted by Crippen LogP contribution is -2.40. The number of likely N-dealkylation sites (tertiary alicyclic amines) is 1. The monoisotopic (exact) mass is 216 g/mol. The summed E-state index contributed by atoms with van der Waals surface area (Å²) in [4.78, 5) is 2.22. The van der Waals surface area contributed by atoms with Gasteiger partial charge in [0.05, 0.1) is 17.2 Å². The molecule has 1 N–H and O–H groups in total. The van der Waals surface area contributed by atoms with E-state index >= 15 is 0 Å². The number of hydrogen-bond acceptors (Lipinski definition) is 3. The third-order valence-corrected chi connectivity index (χ3v) is 3.37. The van der Waals surface area contributed by atoms with Crippen molar-refractivity contribution in [2.45, 2.75) is 18.4 Å². The molecule has 0 aromatic heterocycles. The van der Waals surface area contributed by atoms with Gasteiger partial charge in [-0.25, -0.2) is 0 Å². The molecule has 1 fully saturated rings. The van der Waals surface area contributed by atoms with Gasteiger partial charge in [-0.05, 0) is 37.6 Å². The number of benzene rings is 1. The molecule has 2 rings (SSSR count). The highest BCUT2D eigenvalue weighted by Gasteiger charge is 2.32. The average Bonchev–Trinajstić information content (AvgIpc) is 2.33. The first kappa shape index (κ1) is 11.1. The van der Waals surface area contributed by atoms with Crippen LogP contribution in [0, 0.1) is 11.3 Å². The summed E-state index contributed by atoms with van der Waals surface area (Å²) < 4.78 is 0. The van der Waals surface area contributed by atoms with Gasteiger partial charge < -0.3 is 10.0 Å². The van der Waals surface area contributed by atoms with Gasteiger partial charge in [0.15, 0.2) is 0 Å². The molecular formula is C13H16N2O. The van der Waals surface area contributed by atoms with Crippen LogP contribution in [-0.2, 0) is 5.60 Å². The van der Waals surface area contributed by atoms with Crippen LogP contribution in [0.15, 0.2) is 24.3 Å². The summed E-state index contributed by atoms with van der Waals surface area (Å²) in [6, 6.07) is 9.36. The molecular weight excluding hydrogens is 200 g/mol. The minimum Gasteiger partial charge on any atom is -0.385 e. The molecule has 0 amide bonds. The quantitative estimate of drug-likeness (QED) is 0.773. The van der Waals surface area contributed by atoms with Gasteiger partial charge in [-0.2, -0.15) is 5.26 Å². The molecule has 0 saturated carbocycles. The summed E-state index contributed by atoms with van der Waals surface area (Å²) in [6.07, 6.45) is 1.52. The van der Waals surface area contributed by atoms with Crippen molar-refractivity contribution < 1.29 is 5.11 Å². The van der Waals surface area contributed by atoms with Gasteiger partial charge in [0.25, 0.3) is 0 Å². The standard InChI is InChI=1S/C13H16N2O/c1-15-8-6-13(16,7-9-15)12-4-2-11(10-14)3-5-12/h2-5,16H,6-9H2,1H3. The Balaban J connectivity index is 2.20. The van der Waals surface area contributed by atoms with Gasteiger partial charge in [0.1, 0.15) is 0 Å². The van der Waals surface area contributed by atoms with E-state index in [0.29, 0.717) is 5.56 Å². The van der Waals surface area contributed by atoms with Crippen molar-refractivity contribution >= 4 is 0 Å². The summed E-state index contributed by atoms with van der Waals surface area (Å²) in [5, 5.41) is 19.2. The van der Waals surface area contributed by atoms with E-state index in [4.69, 9.17) is 5.26 Å². The molecule has 0 radical (unpaired) electrons. The Bertz CT molecular complexity index is 397. The van der Waals surface area contributed by atoms with Crippen molar-refractivity contribution in [2.24, 2.45) is 0 Å². The predicted molar refractivity (Wildman–Crippen MR) is 61.8 cm³/mol. The molecule has 84 valence electrons. The number of rotatable bonds is 1. The molecule has 3 heteroatoms. The minimum atomic E-state index is -0.708. The van der Waals surface area contributed by atoms with Gasteiger partial charge in [0.2, 0.25) is 0 Å².